The Labute approximate surface area is 72.4 Å². The maximum atomic E-state index is 10.7. The Morgan fingerprint density at radius 1 is 1.10 bits per heavy atom. The minimum absolute atomic E-state index is 0. The van der Waals surface area contributed by atoms with Gasteiger partial charge in [0.2, 0.25) is 0 Å². The van der Waals surface area contributed by atoms with Crippen molar-refractivity contribution in [1.82, 2.24) is 0 Å². The Balaban J connectivity index is 0.000000810. The summed E-state index contributed by atoms with van der Waals surface area (Å²) in [4.78, 5) is 0. The smallest absolute Gasteiger partial charge is 0.584 e. The fourth-order valence-corrected chi connectivity index (χ4v) is 0.709. The average Bonchev–Trinajstić information content (AvgIpc) is 1.98. The molecule has 0 N–H and O–H groups in total. The van der Waals surface area contributed by atoms with Crippen molar-refractivity contribution >= 4 is 0 Å². The predicted molar refractivity (Wildman–Crippen MR) is 32.4 cm³/mol. The summed E-state index contributed by atoms with van der Waals surface area (Å²) in [6.07, 6.45) is 0. The van der Waals surface area contributed by atoms with Crippen molar-refractivity contribution in [2.75, 3.05) is 0 Å². The molecule has 0 saturated carbocycles. The summed E-state index contributed by atoms with van der Waals surface area (Å²) in [5.41, 5.74) is 1.70. The Morgan fingerprint density at radius 3 is 1.70 bits per heavy atom. The maximum absolute atomic E-state index is 10.7. The molecule has 2 nitrogen and oxygen atoms in total. The number of rotatable bonds is 0. The zero-order chi connectivity index (χ0) is 7.02. The Morgan fingerprint density at radius 2 is 1.60 bits per heavy atom. The van der Waals surface area contributed by atoms with Crippen molar-refractivity contribution in [2.24, 2.45) is 0 Å². The second kappa shape index (κ2) is 3.18. The van der Waals surface area contributed by atoms with Gasteiger partial charge in [0.25, 0.3) is 0 Å². The molecular formula is C7H9LiO2. The standard InChI is InChI=1S/C7H10O2.Li/c1-4-5(2)7(8)9-6(4)3;/h8H,1-3H3;/q;+1/p-1. The molecule has 3 heteroatoms. The van der Waals surface area contributed by atoms with Crippen molar-refractivity contribution < 1.29 is 28.4 Å². The van der Waals surface area contributed by atoms with Crippen LogP contribution >= 0.6 is 0 Å². The molecule has 0 saturated heterocycles. The third kappa shape index (κ3) is 1.39. The summed E-state index contributed by atoms with van der Waals surface area (Å²) in [5.74, 6) is 0.530. The summed E-state index contributed by atoms with van der Waals surface area (Å²) in [7, 11) is 0. The van der Waals surface area contributed by atoms with E-state index in [1.165, 1.54) is 0 Å². The van der Waals surface area contributed by atoms with Crippen molar-refractivity contribution in [3.8, 4) is 5.95 Å². The van der Waals surface area contributed by atoms with E-state index in [0.29, 0.717) is 0 Å². The Hall–Kier alpha value is -0.323. The summed E-state index contributed by atoms with van der Waals surface area (Å²) in [6.45, 7) is 5.45. The van der Waals surface area contributed by atoms with Crippen LogP contribution in [0.15, 0.2) is 4.42 Å². The monoisotopic (exact) mass is 132 g/mol. The molecule has 0 fully saturated rings. The minimum Gasteiger partial charge on any atom is -0.584 e. The second-order valence-electron chi connectivity index (χ2n) is 2.20. The fraction of sp³-hybridized carbons (Fsp3) is 0.429. The van der Waals surface area contributed by atoms with Crippen LogP contribution in [-0.2, 0) is 0 Å². The first-order valence-electron chi connectivity index (χ1n) is 2.86. The summed E-state index contributed by atoms with van der Waals surface area (Å²) >= 11 is 0. The van der Waals surface area contributed by atoms with Gasteiger partial charge in [-0.2, -0.15) is 0 Å². The van der Waals surface area contributed by atoms with E-state index in [9.17, 15) is 5.11 Å². The second-order valence-corrected chi connectivity index (χ2v) is 2.20. The van der Waals surface area contributed by atoms with Gasteiger partial charge in [-0.15, -0.1) is 0 Å². The van der Waals surface area contributed by atoms with Crippen LogP contribution in [0.25, 0.3) is 0 Å². The number of hydrogen-bond donors (Lipinski definition) is 0. The van der Waals surface area contributed by atoms with E-state index in [1.807, 2.05) is 6.92 Å². The molecule has 1 aromatic rings. The molecule has 0 aliphatic rings. The quantitative estimate of drug-likeness (QED) is 0.394. The third-order valence-corrected chi connectivity index (χ3v) is 1.64. The molecule has 0 aliphatic heterocycles. The Bertz CT molecular complexity index is 205. The van der Waals surface area contributed by atoms with Gasteiger partial charge >= 0.3 is 18.9 Å². The molecule has 0 bridgehead atoms. The minimum atomic E-state index is -0.204. The van der Waals surface area contributed by atoms with E-state index in [1.54, 1.807) is 13.8 Å². The topological polar surface area (TPSA) is 36.2 Å². The first kappa shape index (κ1) is 9.68. The van der Waals surface area contributed by atoms with Crippen LogP contribution in [0.1, 0.15) is 16.9 Å². The van der Waals surface area contributed by atoms with Gasteiger partial charge in [-0.1, -0.05) is 0 Å². The molecular weight excluding hydrogens is 123 g/mol. The van der Waals surface area contributed by atoms with E-state index in [2.05, 4.69) is 0 Å². The molecule has 0 aromatic carbocycles. The van der Waals surface area contributed by atoms with E-state index in [0.717, 1.165) is 16.9 Å². The molecule has 1 heterocycles. The van der Waals surface area contributed by atoms with Gasteiger partial charge in [0.1, 0.15) is 0 Å². The third-order valence-electron chi connectivity index (χ3n) is 1.64. The van der Waals surface area contributed by atoms with Gasteiger partial charge in [-0.05, 0) is 37.7 Å². The van der Waals surface area contributed by atoms with Crippen LogP contribution < -0.4 is 24.0 Å². The molecule has 0 radical (unpaired) electrons. The van der Waals surface area contributed by atoms with E-state index < -0.39 is 0 Å². The van der Waals surface area contributed by atoms with E-state index >= 15 is 0 Å². The van der Waals surface area contributed by atoms with E-state index in [-0.39, 0.29) is 24.8 Å². The zero-order valence-electron chi connectivity index (χ0n) is 6.82. The first-order chi connectivity index (χ1) is 4.13. The van der Waals surface area contributed by atoms with Gasteiger partial charge in [0, 0.05) is 0 Å². The fourth-order valence-electron chi connectivity index (χ4n) is 0.709. The van der Waals surface area contributed by atoms with Crippen LogP contribution in [0.3, 0.4) is 0 Å². The summed E-state index contributed by atoms with van der Waals surface area (Å²) in [6, 6.07) is 0. The molecule has 0 atom stereocenters. The number of furan rings is 1. The Kier molecular flexibility index (Phi) is 3.08. The first-order valence-corrected chi connectivity index (χ1v) is 2.86. The van der Waals surface area contributed by atoms with Gasteiger partial charge in [0.15, 0.2) is 0 Å². The average molecular weight is 132 g/mol. The number of aryl methyl sites for hydroxylation is 1. The molecule has 0 aliphatic carbocycles. The molecule has 10 heavy (non-hydrogen) atoms. The van der Waals surface area contributed by atoms with E-state index in [4.69, 9.17) is 4.42 Å². The number of hydrogen-bond acceptors (Lipinski definition) is 2. The maximum Gasteiger partial charge on any atom is 1.00 e. The van der Waals surface area contributed by atoms with Crippen molar-refractivity contribution in [3.63, 3.8) is 0 Å². The van der Waals surface area contributed by atoms with Crippen LogP contribution in [0, 0.1) is 20.8 Å². The zero-order valence-corrected chi connectivity index (χ0v) is 6.82. The van der Waals surface area contributed by atoms with Crippen molar-refractivity contribution in [3.05, 3.63) is 16.9 Å². The van der Waals surface area contributed by atoms with Gasteiger partial charge in [-0.25, -0.2) is 0 Å². The molecule has 0 unspecified atom stereocenters. The molecule has 1 rings (SSSR count). The largest absolute Gasteiger partial charge is 1.00 e. The van der Waals surface area contributed by atoms with Crippen LogP contribution in [0.2, 0.25) is 0 Å². The van der Waals surface area contributed by atoms with Gasteiger partial charge < -0.3 is 9.52 Å². The SMILES string of the molecule is Cc1oc([O-])c(C)c1C.[Li+]. The van der Waals surface area contributed by atoms with Gasteiger partial charge in [0.05, 0.1) is 5.95 Å². The van der Waals surface area contributed by atoms with Crippen molar-refractivity contribution in [2.45, 2.75) is 20.8 Å². The van der Waals surface area contributed by atoms with Crippen LogP contribution in [0.4, 0.5) is 0 Å². The van der Waals surface area contributed by atoms with Crippen molar-refractivity contribution in [1.29, 1.82) is 0 Å². The summed E-state index contributed by atoms with van der Waals surface area (Å²) < 4.78 is 4.79. The van der Waals surface area contributed by atoms with Gasteiger partial charge in [-0.3, -0.25) is 0 Å². The normalized spacial score (nSPS) is 9.10. The van der Waals surface area contributed by atoms with Crippen LogP contribution in [-0.4, -0.2) is 0 Å². The summed E-state index contributed by atoms with van der Waals surface area (Å²) in [5, 5.41) is 10.7. The molecule has 50 valence electrons. The predicted octanol–water partition coefficient (Wildman–Crippen LogP) is -1.72. The molecule has 0 amide bonds. The molecule has 0 spiro atoms. The molecule has 1 aromatic heterocycles. The van der Waals surface area contributed by atoms with Crippen LogP contribution in [0.5, 0.6) is 5.95 Å².